The van der Waals surface area contributed by atoms with Crippen molar-refractivity contribution in [1.82, 2.24) is 20.2 Å². The predicted molar refractivity (Wildman–Crippen MR) is 101 cm³/mol. The number of carbonyl (C=O) groups excluding carboxylic acids is 2. The molecule has 6 heteroatoms. The zero-order valence-corrected chi connectivity index (χ0v) is 14.7. The Labute approximate surface area is 151 Å². The first-order valence-corrected chi connectivity index (χ1v) is 8.27. The summed E-state index contributed by atoms with van der Waals surface area (Å²) in [6, 6.07) is 14.9. The van der Waals surface area contributed by atoms with E-state index in [-0.39, 0.29) is 11.8 Å². The number of imidazole rings is 1. The third kappa shape index (κ3) is 3.80. The fourth-order valence-corrected chi connectivity index (χ4v) is 2.64. The third-order valence-corrected chi connectivity index (χ3v) is 4.13. The number of aromatic nitrogens is 2. The molecule has 132 valence electrons. The normalized spacial score (nSPS) is 11.0. The Kier molecular flexibility index (Phi) is 5.12. The summed E-state index contributed by atoms with van der Waals surface area (Å²) in [5, 5.41) is 5.40. The molecule has 0 saturated heterocycles. The van der Waals surface area contributed by atoms with Gasteiger partial charge in [-0.2, -0.15) is 0 Å². The number of amides is 2. The molecule has 0 aliphatic rings. The molecule has 0 unspecified atom stereocenters. The van der Waals surface area contributed by atoms with Gasteiger partial charge in [-0.3, -0.25) is 9.59 Å². The molecule has 0 aliphatic carbocycles. The summed E-state index contributed by atoms with van der Waals surface area (Å²) < 4.78 is 1.97. The molecule has 3 rings (SSSR count). The van der Waals surface area contributed by atoms with Crippen molar-refractivity contribution in [3.8, 4) is 0 Å². The van der Waals surface area contributed by atoms with Gasteiger partial charge >= 0.3 is 0 Å². The summed E-state index contributed by atoms with van der Waals surface area (Å²) >= 11 is 0. The highest BCUT2D eigenvalue weighted by atomic mass is 16.2. The van der Waals surface area contributed by atoms with Crippen LogP contribution in [0.2, 0.25) is 0 Å². The topological polar surface area (TPSA) is 76.0 Å². The van der Waals surface area contributed by atoms with Crippen molar-refractivity contribution >= 4 is 28.9 Å². The second-order valence-corrected chi connectivity index (χ2v) is 5.83. The van der Waals surface area contributed by atoms with Crippen LogP contribution in [0.4, 0.5) is 0 Å². The molecule has 6 nitrogen and oxygen atoms in total. The molecular weight excluding hydrogens is 328 g/mol. The average molecular weight is 348 g/mol. The Bertz CT molecular complexity index is 971. The number of fused-ring (bicyclic) bond motifs is 1. The molecule has 0 spiro atoms. The summed E-state index contributed by atoms with van der Waals surface area (Å²) in [5.41, 5.74) is 3.36. The van der Waals surface area contributed by atoms with Gasteiger partial charge in [0.15, 0.2) is 0 Å². The number of rotatable bonds is 5. The molecular formula is C20H20N4O2. The second-order valence-electron chi connectivity index (χ2n) is 5.83. The van der Waals surface area contributed by atoms with Crippen molar-refractivity contribution in [3.05, 3.63) is 71.6 Å². The lowest BCUT2D eigenvalue weighted by Crippen LogP contribution is -2.22. The lowest BCUT2D eigenvalue weighted by molar-refractivity contribution is -0.116. The van der Waals surface area contributed by atoms with Crippen LogP contribution in [0.3, 0.4) is 0 Å². The average Bonchev–Trinajstić information content (AvgIpc) is 3.00. The number of aryl methyl sites for hydroxylation is 1. The van der Waals surface area contributed by atoms with Gasteiger partial charge in [-0.05, 0) is 35.9 Å². The van der Waals surface area contributed by atoms with E-state index in [2.05, 4.69) is 15.6 Å². The molecule has 0 bridgehead atoms. The molecule has 0 radical (unpaired) electrons. The molecule has 0 saturated carbocycles. The Morgan fingerprint density at radius 3 is 2.54 bits per heavy atom. The molecule has 1 heterocycles. The predicted octanol–water partition coefficient (Wildman–Crippen LogP) is 2.26. The molecule has 3 aromatic rings. The molecule has 2 amide bonds. The maximum atomic E-state index is 12.0. The van der Waals surface area contributed by atoms with E-state index >= 15 is 0 Å². The van der Waals surface area contributed by atoms with E-state index in [0.29, 0.717) is 12.1 Å². The first kappa shape index (κ1) is 17.4. The third-order valence-electron chi connectivity index (χ3n) is 4.13. The highest BCUT2D eigenvalue weighted by Crippen LogP contribution is 2.14. The number of nitrogens with one attached hydrogen (secondary N) is 2. The molecule has 0 atom stereocenters. The van der Waals surface area contributed by atoms with Crippen molar-refractivity contribution in [1.29, 1.82) is 0 Å². The van der Waals surface area contributed by atoms with E-state index in [4.69, 9.17) is 0 Å². The lowest BCUT2D eigenvalue weighted by atomic mass is 10.1. The largest absolute Gasteiger partial charge is 0.355 e. The van der Waals surface area contributed by atoms with Crippen molar-refractivity contribution in [3.63, 3.8) is 0 Å². The molecule has 2 N–H and O–H groups in total. The molecule has 26 heavy (non-hydrogen) atoms. The summed E-state index contributed by atoms with van der Waals surface area (Å²) in [7, 11) is 3.52. The van der Waals surface area contributed by atoms with Crippen LogP contribution in [0.25, 0.3) is 17.1 Å². The standard InChI is InChI=1S/C20H20N4O2/c1-21-20(26)15-10-7-14(8-11-15)9-12-19(25)22-13-18-23-16-5-3-4-6-17(16)24(18)2/h3-12H,13H2,1-2H3,(H,21,26)(H,22,25)/b12-9+. The van der Waals surface area contributed by atoms with Crippen molar-refractivity contribution in [2.45, 2.75) is 6.54 Å². The SMILES string of the molecule is CNC(=O)c1ccc(/C=C/C(=O)NCc2nc3ccccc3n2C)cc1. The summed E-state index contributed by atoms with van der Waals surface area (Å²) in [5.74, 6) is 0.455. The van der Waals surface area contributed by atoms with Crippen LogP contribution < -0.4 is 10.6 Å². The van der Waals surface area contributed by atoms with Crippen LogP contribution in [0.1, 0.15) is 21.7 Å². The van der Waals surface area contributed by atoms with Gasteiger partial charge in [0.25, 0.3) is 5.91 Å². The van der Waals surface area contributed by atoms with Gasteiger partial charge < -0.3 is 15.2 Å². The Balaban J connectivity index is 1.60. The first-order valence-electron chi connectivity index (χ1n) is 8.27. The van der Waals surface area contributed by atoms with Gasteiger partial charge in [-0.15, -0.1) is 0 Å². The maximum absolute atomic E-state index is 12.0. The van der Waals surface area contributed by atoms with Gasteiger partial charge in [0.05, 0.1) is 17.6 Å². The molecule has 2 aromatic carbocycles. The van der Waals surface area contributed by atoms with E-state index in [1.54, 1.807) is 37.4 Å². The Morgan fingerprint density at radius 1 is 1.12 bits per heavy atom. The minimum absolute atomic E-state index is 0.138. The second kappa shape index (κ2) is 7.65. The summed E-state index contributed by atoms with van der Waals surface area (Å²) in [6.07, 6.45) is 3.18. The highest BCUT2D eigenvalue weighted by Gasteiger charge is 2.07. The fraction of sp³-hybridized carbons (Fsp3) is 0.150. The van der Waals surface area contributed by atoms with Gasteiger partial charge in [-0.1, -0.05) is 24.3 Å². The number of para-hydroxylation sites is 2. The Hall–Kier alpha value is -3.41. The number of hydrogen-bond acceptors (Lipinski definition) is 3. The number of carbonyl (C=O) groups is 2. The molecule has 0 aliphatic heterocycles. The van der Waals surface area contributed by atoms with Crippen LogP contribution in [-0.2, 0) is 18.4 Å². The number of nitrogens with zero attached hydrogens (tertiary/aromatic N) is 2. The van der Waals surface area contributed by atoms with E-state index in [9.17, 15) is 9.59 Å². The molecule has 0 fully saturated rings. The minimum Gasteiger partial charge on any atom is -0.355 e. The number of benzene rings is 2. The van der Waals surface area contributed by atoms with Crippen molar-refractivity contribution < 1.29 is 9.59 Å². The Morgan fingerprint density at radius 2 is 1.85 bits per heavy atom. The van der Waals surface area contributed by atoms with Crippen molar-refractivity contribution in [2.24, 2.45) is 7.05 Å². The van der Waals surface area contributed by atoms with Crippen LogP contribution in [0.5, 0.6) is 0 Å². The van der Waals surface area contributed by atoms with Gasteiger partial charge in [-0.25, -0.2) is 4.98 Å². The summed E-state index contributed by atoms with van der Waals surface area (Å²) in [6.45, 7) is 0.351. The summed E-state index contributed by atoms with van der Waals surface area (Å²) in [4.78, 5) is 28.1. The highest BCUT2D eigenvalue weighted by molar-refractivity contribution is 5.94. The van der Waals surface area contributed by atoms with Crippen LogP contribution in [0.15, 0.2) is 54.6 Å². The van der Waals surface area contributed by atoms with Gasteiger partial charge in [0, 0.05) is 25.7 Å². The first-order chi connectivity index (χ1) is 12.6. The quantitative estimate of drug-likeness (QED) is 0.695. The molecule has 1 aromatic heterocycles. The van der Waals surface area contributed by atoms with E-state index < -0.39 is 0 Å². The fourth-order valence-electron chi connectivity index (χ4n) is 2.64. The smallest absolute Gasteiger partial charge is 0.251 e. The number of hydrogen-bond donors (Lipinski definition) is 2. The zero-order valence-electron chi connectivity index (χ0n) is 14.7. The van der Waals surface area contributed by atoms with Gasteiger partial charge in [0.1, 0.15) is 5.82 Å². The van der Waals surface area contributed by atoms with Crippen LogP contribution in [0, 0.1) is 0 Å². The van der Waals surface area contributed by atoms with Crippen molar-refractivity contribution in [2.75, 3.05) is 7.05 Å². The maximum Gasteiger partial charge on any atom is 0.251 e. The van der Waals surface area contributed by atoms with Crippen LogP contribution in [-0.4, -0.2) is 28.4 Å². The zero-order chi connectivity index (χ0) is 18.5. The van der Waals surface area contributed by atoms with E-state index in [1.807, 2.05) is 35.9 Å². The van der Waals surface area contributed by atoms with Gasteiger partial charge in [0.2, 0.25) is 5.91 Å². The van der Waals surface area contributed by atoms with E-state index in [1.165, 1.54) is 6.08 Å². The lowest BCUT2D eigenvalue weighted by Gasteiger charge is -2.03. The van der Waals surface area contributed by atoms with E-state index in [0.717, 1.165) is 22.4 Å². The van der Waals surface area contributed by atoms with Crippen LogP contribution >= 0.6 is 0 Å². The minimum atomic E-state index is -0.201. The monoisotopic (exact) mass is 348 g/mol.